The lowest BCUT2D eigenvalue weighted by Gasteiger charge is -2.36. The molecule has 2 aliphatic rings. The Labute approximate surface area is 119 Å². The van der Waals surface area contributed by atoms with Crippen molar-refractivity contribution in [3.8, 4) is 0 Å². The number of hydrogen-bond donors (Lipinski definition) is 1. The van der Waals surface area contributed by atoms with E-state index in [0.717, 1.165) is 32.2 Å². The largest absolute Gasteiger partial charge is 0.481 e. The summed E-state index contributed by atoms with van der Waals surface area (Å²) in [7, 11) is 1.64. The van der Waals surface area contributed by atoms with Crippen molar-refractivity contribution in [2.45, 2.75) is 38.1 Å². The van der Waals surface area contributed by atoms with E-state index in [-0.39, 0.29) is 18.4 Å². The number of carbonyl (C=O) groups excluding carboxylic acids is 1. The van der Waals surface area contributed by atoms with E-state index in [0.29, 0.717) is 25.7 Å². The van der Waals surface area contributed by atoms with Crippen molar-refractivity contribution in [3.05, 3.63) is 0 Å². The lowest BCUT2D eigenvalue weighted by Crippen LogP contribution is -2.49. The van der Waals surface area contributed by atoms with Gasteiger partial charge in [0.1, 0.15) is 0 Å². The summed E-state index contributed by atoms with van der Waals surface area (Å²) in [5.74, 6) is -0.684. The average Bonchev–Trinajstić information content (AvgIpc) is 3.23. The predicted molar refractivity (Wildman–Crippen MR) is 73.5 cm³/mol. The quantitative estimate of drug-likeness (QED) is 0.800. The lowest BCUT2D eigenvalue weighted by atomic mass is 9.95. The van der Waals surface area contributed by atoms with Crippen LogP contribution in [0, 0.1) is 5.92 Å². The van der Waals surface area contributed by atoms with E-state index >= 15 is 0 Å². The van der Waals surface area contributed by atoms with Crippen molar-refractivity contribution in [3.63, 3.8) is 0 Å². The van der Waals surface area contributed by atoms with Crippen LogP contribution in [0.15, 0.2) is 0 Å². The molecule has 0 aromatic heterocycles. The number of rotatable bonds is 6. The molecule has 6 heteroatoms. The standard InChI is InChI=1S/C14H24N2O4/c1-20-8-7-16(12-4-5-12)14(19)15-6-2-3-11(10-15)9-13(17)18/h11-12H,2-10H2,1H3,(H,17,18). The maximum absolute atomic E-state index is 12.6. The number of nitrogens with zero attached hydrogens (tertiary/aromatic N) is 2. The number of likely N-dealkylation sites (tertiary alicyclic amines) is 1. The molecule has 20 heavy (non-hydrogen) atoms. The predicted octanol–water partition coefficient (Wildman–Crippen LogP) is 1.40. The molecule has 6 nitrogen and oxygen atoms in total. The third kappa shape index (κ3) is 4.10. The van der Waals surface area contributed by atoms with E-state index in [9.17, 15) is 9.59 Å². The average molecular weight is 284 g/mol. The van der Waals surface area contributed by atoms with Crippen LogP contribution < -0.4 is 0 Å². The van der Waals surface area contributed by atoms with Gasteiger partial charge < -0.3 is 19.6 Å². The lowest BCUT2D eigenvalue weighted by molar-refractivity contribution is -0.138. The summed E-state index contributed by atoms with van der Waals surface area (Å²) in [6.07, 6.45) is 4.10. The van der Waals surface area contributed by atoms with Crippen LogP contribution in [-0.2, 0) is 9.53 Å². The fourth-order valence-corrected chi connectivity index (χ4v) is 2.84. The van der Waals surface area contributed by atoms with Gasteiger partial charge in [-0.2, -0.15) is 0 Å². The van der Waals surface area contributed by atoms with Crippen molar-refractivity contribution in [1.82, 2.24) is 9.80 Å². The number of hydrogen-bond acceptors (Lipinski definition) is 3. The Morgan fingerprint density at radius 1 is 1.35 bits per heavy atom. The number of urea groups is 1. The number of aliphatic carboxylic acids is 1. The van der Waals surface area contributed by atoms with Crippen molar-refractivity contribution in [1.29, 1.82) is 0 Å². The van der Waals surface area contributed by atoms with E-state index in [4.69, 9.17) is 9.84 Å². The SMILES string of the molecule is COCCN(C(=O)N1CCCC(CC(=O)O)C1)C1CC1. The van der Waals surface area contributed by atoms with Gasteiger partial charge in [0, 0.05) is 39.2 Å². The highest BCUT2D eigenvalue weighted by Crippen LogP contribution is 2.29. The van der Waals surface area contributed by atoms with Crippen LogP contribution in [0.4, 0.5) is 4.79 Å². The molecule has 1 aliphatic carbocycles. The second kappa shape index (κ2) is 6.92. The van der Waals surface area contributed by atoms with E-state index in [2.05, 4.69) is 0 Å². The van der Waals surface area contributed by atoms with Gasteiger partial charge in [0.25, 0.3) is 0 Å². The Bertz CT molecular complexity index is 357. The molecule has 2 fully saturated rings. The number of amides is 2. The van der Waals surface area contributed by atoms with Crippen molar-refractivity contribution < 1.29 is 19.4 Å². The summed E-state index contributed by atoms with van der Waals surface area (Å²) in [5, 5.41) is 8.88. The summed E-state index contributed by atoms with van der Waals surface area (Å²) in [5.41, 5.74) is 0. The van der Waals surface area contributed by atoms with Gasteiger partial charge >= 0.3 is 12.0 Å². The molecule has 1 saturated heterocycles. The van der Waals surface area contributed by atoms with Gasteiger partial charge in [0.2, 0.25) is 0 Å². The first-order valence-corrected chi connectivity index (χ1v) is 7.38. The third-order valence-electron chi connectivity index (χ3n) is 4.02. The molecule has 2 amide bonds. The number of carbonyl (C=O) groups is 2. The fraction of sp³-hybridized carbons (Fsp3) is 0.857. The number of carboxylic acids is 1. The second-order valence-corrected chi connectivity index (χ2v) is 5.75. The van der Waals surface area contributed by atoms with Gasteiger partial charge in [-0.3, -0.25) is 4.79 Å². The van der Waals surface area contributed by atoms with Crippen molar-refractivity contribution >= 4 is 12.0 Å². The first kappa shape index (κ1) is 15.1. The molecule has 0 aromatic rings. The van der Waals surface area contributed by atoms with Crippen LogP contribution in [0.25, 0.3) is 0 Å². The fourth-order valence-electron chi connectivity index (χ4n) is 2.84. The normalized spacial score (nSPS) is 22.6. The van der Waals surface area contributed by atoms with E-state index in [1.807, 2.05) is 9.80 Å². The van der Waals surface area contributed by atoms with Crippen LogP contribution in [0.5, 0.6) is 0 Å². The van der Waals surface area contributed by atoms with Crippen molar-refractivity contribution in [2.24, 2.45) is 5.92 Å². The first-order chi connectivity index (χ1) is 9.61. The number of methoxy groups -OCH3 is 1. The molecule has 0 aromatic carbocycles. The molecule has 2 rings (SSSR count). The van der Waals surface area contributed by atoms with E-state index in [1.165, 1.54) is 0 Å². The third-order valence-corrected chi connectivity index (χ3v) is 4.02. The van der Waals surface area contributed by atoms with Crippen LogP contribution >= 0.6 is 0 Å². The van der Waals surface area contributed by atoms with Crippen LogP contribution in [-0.4, -0.2) is 66.3 Å². The van der Waals surface area contributed by atoms with E-state index < -0.39 is 5.97 Å². The number of ether oxygens (including phenoxy) is 1. The van der Waals surface area contributed by atoms with Crippen LogP contribution in [0.3, 0.4) is 0 Å². The highest BCUT2D eigenvalue weighted by Gasteiger charge is 2.36. The monoisotopic (exact) mass is 284 g/mol. The zero-order valence-corrected chi connectivity index (χ0v) is 12.1. The molecular formula is C14H24N2O4. The Morgan fingerprint density at radius 3 is 2.70 bits per heavy atom. The Morgan fingerprint density at radius 2 is 2.10 bits per heavy atom. The van der Waals surface area contributed by atoms with Crippen LogP contribution in [0.1, 0.15) is 32.1 Å². The van der Waals surface area contributed by atoms with Crippen LogP contribution in [0.2, 0.25) is 0 Å². The summed E-state index contributed by atoms with van der Waals surface area (Å²) in [6, 6.07) is 0.414. The molecule has 114 valence electrons. The zero-order valence-electron chi connectivity index (χ0n) is 12.1. The maximum atomic E-state index is 12.6. The summed E-state index contributed by atoms with van der Waals surface area (Å²) in [4.78, 5) is 27.1. The second-order valence-electron chi connectivity index (χ2n) is 5.75. The van der Waals surface area contributed by atoms with Crippen molar-refractivity contribution in [2.75, 3.05) is 33.4 Å². The summed E-state index contributed by atoms with van der Waals surface area (Å²) >= 11 is 0. The smallest absolute Gasteiger partial charge is 0.320 e. The molecule has 0 spiro atoms. The highest BCUT2D eigenvalue weighted by molar-refractivity contribution is 5.75. The van der Waals surface area contributed by atoms with Gasteiger partial charge in [-0.05, 0) is 31.6 Å². The number of carboxylic acid groups (broad SMARTS) is 1. The molecule has 1 aliphatic heterocycles. The van der Waals surface area contributed by atoms with Gasteiger partial charge in [-0.1, -0.05) is 0 Å². The minimum Gasteiger partial charge on any atom is -0.481 e. The molecule has 1 saturated carbocycles. The number of piperidine rings is 1. The molecule has 0 bridgehead atoms. The molecule has 1 atom stereocenters. The molecule has 1 unspecified atom stereocenters. The Hall–Kier alpha value is -1.30. The topological polar surface area (TPSA) is 70.1 Å². The van der Waals surface area contributed by atoms with Gasteiger partial charge in [0.05, 0.1) is 6.61 Å². The molecule has 0 radical (unpaired) electrons. The summed E-state index contributed by atoms with van der Waals surface area (Å²) < 4.78 is 5.07. The molecule has 1 N–H and O–H groups in total. The molecular weight excluding hydrogens is 260 g/mol. The van der Waals surface area contributed by atoms with Gasteiger partial charge in [-0.25, -0.2) is 4.79 Å². The van der Waals surface area contributed by atoms with Gasteiger partial charge in [0.15, 0.2) is 0 Å². The zero-order chi connectivity index (χ0) is 14.5. The maximum Gasteiger partial charge on any atom is 0.320 e. The van der Waals surface area contributed by atoms with Gasteiger partial charge in [-0.15, -0.1) is 0 Å². The Kier molecular flexibility index (Phi) is 5.23. The van der Waals surface area contributed by atoms with E-state index in [1.54, 1.807) is 7.11 Å². The minimum absolute atomic E-state index is 0.0552. The Balaban J connectivity index is 1.90. The highest BCUT2D eigenvalue weighted by atomic mass is 16.5. The first-order valence-electron chi connectivity index (χ1n) is 7.38. The molecule has 1 heterocycles. The minimum atomic E-state index is -0.775. The summed E-state index contributed by atoms with van der Waals surface area (Å²) in [6.45, 7) is 2.49.